The minimum atomic E-state index is 0.182. The van der Waals surface area contributed by atoms with Gasteiger partial charge in [-0.1, -0.05) is 56.3 Å². The van der Waals surface area contributed by atoms with Crippen molar-refractivity contribution in [2.45, 2.75) is 46.2 Å². The third kappa shape index (κ3) is 4.16. The third-order valence-corrected chi connectivity index (χ3v) is 5.44. The molecule has 3 nitrogen and oxygen atoms in total. The maximum atomic E-state index is 13.0. The number of nitrogens with zero attached hydrogens (tertiary/aromatic N) is 2. The summed E-state index contributed by atoms with van der Waals surface area (Å²) in [5, 5.41) is 0. The van der Waals surface area contributed by atoms with E-state index in [1.165, 1.54) is 11.1 Å². The number of carbonyl (C=O) groups excluding carboxylic acids is 1. The Labute approximate surface area is 157 Å². The van der Waals surface area contributed by atoms with Crippen molar-refractivity contribution in [2.24, 2.45) is 0 Å². The Morgan fingerprint density at radius 1 is 0.962 bits per heavy atom. The summed E-state index contributed by atoms with van der Waals surface area (Å²) in [7, 11) is 0. The quantitative estimate of drug-likeness (QED) is 0.808. The molecule has 0 radical (unpaired) electrons. The largest absolute Gasteiger partial charge is 0.333 e. The van der Waals surface area contributed by atoms with E-state index in [4.69, 9.17) is 0 Å². The number of hydrogen-bond acceptors (Lipinski definition) is 2. The predicted molar refractivity (Wildman–Crippen MR) is 107 cm³/mol. The molecule has 1 atom stereocenters. The summed E-state index contributed by atoms with van der Waals surface area (Å²) in [6.45, 7) is 10.1. The number of piperazine rings is 1. The van der Waals surface area contributed by atoms with Crippen LogP contribution in [0.25, 0.3) is 0 Å². The van der Waals surface area contributed by atoms with Crippen LogP contribution in [-0.4, -0.2) is 41.4 Å². The molecule has 1 aliphatic rings. The van der Waals surface area contributed by atoms with Crippen molar-refractivity contribution in [3.05, 3.63) is 70.8 Å². The van der Waals surface area contributed by atoms with E-state index in [9.17, 15) is 4.79 Å². The van der Waals surface area contributed by atoms with Gasteiger partial charge in [0.15, 0.2) is 0 Å². The highest BCUT2D eigenvalue weighted by Gasteiger charge is 2.28. The molecule has 2 aromatic carbocycles. The average Bonchev–Trinajstić information content (AvgIpc) is 2.68. The molecule has 0 aromatic heterocycles. The van der Waals surface area contributed by atoms with Crippen LogP contribution in [0.3, 0.4) is 0 Å². The molecular formula is C23H30N2O. The van der Waals surface area contributed by atoms with Crippen molar-refractivity contribution in [1.29, 1.82) is 0 Å². The van der Waals surface area contributed by atoms with Crippen LogP contribution in [-0.2, 0) is 19.4 Å². The number of benzene rings is 2. The molecule has 0 bridgehead atoms. The van der Waals surface area contributed by atoms with Crippen LogP contribution in [0.15, 0.2) is 48.5 Å². The number of hydrogen-bond donors (Lipinski definition) is 0. The first-order valence-corrected chi connectivity index (χ1v) is 9.81. The fraction of sp³-hybridized carbons (Fsp3) is 0.435. The van der Waals surface area contributed by atoms with Crippen molar-refractivity contribution in [3.63, 3.8) is 0 Å². The molecule has 0 spiro atoms. The zero-order chi connectivity index (χ0) is 18.5. The molecule has 26 heavy (non-hydrogen) atoms. The zero-order valence-corrected chi connectivity index (χ0v) is 16.2. The Bertz CT molecular complexity index is 738. The summed E-state index contributed by atoms with van der Waals surface area (Å²) in [6.07, 6.45) is 1.97. The molecule has 1 saturated heterocycles. The lowest BCUT2D eigenvalue weighted by atomic mass is 10.0. The zero-order valence-electron chi connectivity index (χ0n) is 16.2. The second kappa shape index (κ2) is 8.50. The van der Waals surface area contributed by atoms with Gasteiger partial charge in [0, 0.05) is 37.8 Å². The van der Waals surface area contributed by atoms with E-state index in [1.807, 2.05) is 23.1 Å². The molecule has 1 heterocycles. The van der Waals surface area contributed by atoms with Crippen LogP contribution in [0.2, 0.25) is 0 Å². The van der Waals surface area contributed by atoms with Crippen LogP contribution in [0.5, 0.6) is 0 Å². The molecule has 138 valence electrons. The van der Waals surface area contributed by atoms with Crippen LogP contribution in [0.4, 0.5) is 0 Å². The second-order valence-corrected chi connectivity index (χ2v) is 7.26. The van der Waals surface area contributed by atoms with Gasteiger partial charge in [0.25, 0.3) is 5.91 Å². The van der Waals surface area contributed by atoms with E-state index < -0.39 is 0 Å². The molecule has 0 unspecified atom stereocenters. The highest BCUT2D eigenvalue weighted by Crippen LogP contribution is 2.19. The van der Waals surface area contributed by atoms with E-state index >= 15 is 0 Å². The van der Waals surface area contributed by atoms with E-state index in [0.29, 0.717) is 0 Å². The topological polar surface area (TPSA) is 23.6 Å². The van der Waals surface area contributed by atoms with Crippen molar-refractivity contribution >= 4 is 5.91 Å². The summed E-state index contributed by atoms with van der Waals surface area (Å²) >= 11 is 0. The van der Waals surface area contributed by atoms with Gasteiger partial charge in [0.1, 0.15) is 0 Å². The highest BCUT2D eigenvalue weighted by molar-refractivity contribution is 5.96. The van der Waals surface area contributed by atoms with Gasteiger partial charge in [-0.05, 0) is 42.5 Å². The van der Waals surface area contributed by atoms with E-state index in [0.717, 1.165) is 50.1 Å². The SMILES string of the molecule is CCc1ccc(CN2CCN(C(=O)c3ccccc3CC)[C@H](C)C2)cc1. The fourth-order valence-corrected chi connectivity index (χ4v) is 3.81. The first kappa shape index (κ1) is 18.7. The van der Waals surface area contributed by atoms with Crippen molar-refractivity contribution < 1.29 is 4.79 Å². The number of carbonyl (C=O) groups is 1. The monoisotopic (exact) mass is 350 g/mol. The van der Waals surface area contributed by atoms with E-state index in [-0.39, 0.29) is 11.9 Å². The van der Waals surface area contributed by atoms with Crippen LogP contribution < -0.4 is 0 Å². The van der Waals surface area contributed by atoms with Gasteiger partial charge < -0.3 is 4.90 Å². The van der Waals surface area contributed by atoms with Gasteiger partial charge in [-0.15, -0.1) is 0 Å². The summed E-state index contributed by atoms with van der Waals surface area (Å²) in [6, 6.07) is 17.2. The number of amides is 1. The third-order valence-electron chi connectivity index (χ3n) is 5.44. The molecule has 0 N–H and O–H groups in total. The van der Waals surface area contributed by atoms with Crippen molar-refractivity contribution in [3.8, 4) is 0 Å². The Kier molecular flexibility index (Phi) is 6.10. The van der Waals surface area contributed by atoms with E-state index in [2.05, 4.69) is 56.0 Å². The molecule has 1 fully saturated rings. The first-order valence-electron chi connectivity index (χ1n) is 9.81. The molecule has 2 aromatic rings. The van der Waals surface area contributed by atoms with Crippen molar-refractivity contribution in [1.82, 2.24) is 9.80 Å². The Balaban J connectivity index is 1.63. The van der Waals surface area contributed by atoms with Gasteiger partial charge in [-0.2, -0.15) is 0 Å². The summed E-state index contributed by atoms with van der Waals surface area (Å²) in [5.74, 6) is 0.182. The molecule has 0 aliphatic carbocycles. The van der Waals surface area contributed by atoms with Gasteiger partial charge >= 0.3 is 0 Å². The normalized spacial score (nSPS) is 18.1. The first-order chi connectivity index (χ1) is 12.6. The standard InChI is InChI=1S/C23H30N2O/c1-4-19-10-12-20(13-11-19)17-24-14-15-25(18(3)16-24)23(26)22-9-7-6-8-21(22)5-2/h6-13,18H,4-5,14-17H2,1-3H3/t18-/m1/s1. The lowest BCUT2D eigenvalue weighted by molar-refractivity contribution is 0.0474. The van der Waals surface area contributed by atoms with Crippen LogP contribution >= 0.6 is 0 Å². The Morgan fingerprint density at radius 2 is 1.65 bits per heavy atom. The minimum absolute atomic E-state index is 0.182. The van der Waals surface area contributed by atoms with Gasteiger partial charge in [-0.25, -0.2) is 0 Å². The minimum Gasteiger partial charge on any atom is -0.333 e. The molecule has 1 amide bonds. The fourth-order valence-electron chi connectivity index (χ4n) is 3.81. The number of rotatable bonds is 5. The molecule has 1 aliphatic heterocycles. The molecule has 3 heteroatoms. The van der Waals surface area contributed by atoms with Gasteiger partial charge in [-0.3, -0.25) is 9.69 Å². The summed E-state index contributed by atoms with van der Waals surface area (Å²) < 4.78 is 0. The molecular weight excluding hydrogens is 320 g/mol. The lowest BCUT2D eigenvalue weighted by Gasteiger charge is -2.40. The van der Waals surface area contributed by atoms with Crippen LogP contribution in [0.1, 0.15) is 47.8 Å². The predicted octanol–water partition coefficient (Wildman–Crippen LogP) is 4.16. The maximum absolute atomic E-state index is 13.0. The Morgan fingerprint density at radius 3 is 2.31 bits per heavy atom. The smallest absolute Gasteiger partial charge is 0.254 e. The number of aryl methyl sites for hydroxylation is 2. The van der Waals surface area contributed by atoms with E-state index in [1.54, 1.807) is 0 Å². The van der Waals surface area contributed by atoms with Crippen molar-refractivity contribution in [2.75, 3.05) is 19.6 Å². The second-order valence-electron chi connectivity index (χ2n) is 7.26. The maximum Gasteiger partial charge on any atom is 0.254 e. The van der Waals surface area contributed by atoms with Gasteiger partial charge in [0.2, 0.25) is 0 Å². The average molecular weight is 351 g/mol. The van der Waals surface area contributed by atoms with Gasteiger partial charge in [0.05, 0.1) is 0 Å². The molecule has 0 saturated carbocycles. The highest BCUT2D eigenvalue weighted by atomic mass is 16.2. The summed E-state index contributed by atoms with van der Waals surface area (Å²) in [5.41, 5.74) is 4.74. The Hall–Kier alpha value is -2.13. The lowest BCUT2D eigenvalue weighted by Crippen LogP contribution is -2.53. The molecule has 3 rings (SSSR count). The van der Waals surface area contributed by atoms with Crippen LogP contribution in [0, 0.1) is 0 Å². The summed E-state index contributed by atoms with van der Waals surface area (Å²) in [4.78, 5) is 17.5.